The molecule has 134 valence electrons. The van der Waals surface area contributed by atoms with Crippen LogP contribution < -0.4 is 4.72 Å². The Hall–Kier alpha value is -2.55. The van der Waals surface area contributed by atoms with E-state index >= 15 is 0 Å². The number of thiazole rings is 1. The molecule has 0 aliphatic heterocycles. The monoisotopic (exact) mass is 388 g/mol. The Bertz CT molecular complexity index is 1010. The first-order valence-corrected chi connectivity index (χ1v) is 10.0. The van der Waals surface area contributed by atoms with Crippen LogP contribution in [0.1, 0.15) is 16.1 Å². The van der Waals surface area contributed by atoms with Gasteiger partial charge in [-0.15, -0.1) is 11.3 Å². The molecule has 0 spiro atoms. The largest absolute Gasteiger partial charge is 0.465 e. The third-order valence-corrected chi connectivity index (χ3v) is 5.92. The summed E-state index contributed by atoms with van der Waals surface area (Å²) < 4.78 is 32.0. The molecule has 0 aliphatic rings. The van der Waals surface area contributed by atoms with Crippen molar-refractivity contribution in [1.82, 2.24) is 9.71 Å². The predicted molar refractivity (Wildman–Crippen MR) is 99.4 cm³/mol. The first kappa shape index (κ1) is 18.2. The maximum absolute atomic E-state index is 12.5. The molecule has 0 saturated carbocycles. The van der Waals surface area contributed by atoms with Crippen molar-refractivity contribution in [2.45, 2.75) is 11.4 Å². The number of benzene rings is 2. The number of esters is 1. The SMILES string of the molecule is COC(=O)c1cccc(S(=O)(=O)NCc2csc(-c3ccccc3)n2)c1. The fourth-order valence-corrected chi connectivity index (χ4v) is 4.13. The average Bonchev–Trinajstić information content (AvgIpc) is 3.16. The number of aromatic nitrogens is 1. The Balaban J connectivity index is 1.73. The van der Waals surface area contributed by atoms with E-state index in [0.29, 0.717) is 5.69 Å². The quantitative estimate of drug-likeness (QED) is 0.656. The molecule has 3 aromatic rings. The van der Waals surface area contributed by atoms with Crippen molar-refractivity contribution in [1.29, 1.82) is 0 Å². The third-order valence-electron chi connectivity index (χ3n) is 3.58. The highest BCUT2D eigenvalue weighted by Crippen LogP contribution is 2.23. The van der Waals surface area contributed by atoms with Crippen molar-refractivity contribution in [3.05, 3.63) is 71.2 Å². The molecule has 0 aliphatic carbocycles. The highest BCUT2D eigenvalue weighted by molar-refractivity contribution is 7.89. The lowest BCUT2D eigenvalue weighted by Gasteiger charge is -2.07. The van der Waals surface area contributed by atoms with Crippen molar-refractivity contribution in [3.63, 3.8) is 0 Å². The van der Waals surface area contributed by atoms with Crippen molar-refractivity contribution in [2.24, 2.45) is 0 Å². The molecule has 0 fully saturated rings. The zero-order chi connectivity index (χ0) is 18.6. The molecule has 8 heteroatoms. The second-order valence-electron chi connectivity index (χ2n) is 5.35. The van der Waals surface area contributed by atoms with Crippen LogP contribution in [0.15, 0.2) is 64.9 Å². The first-order chi connectivity index (χ1) is 12.5. The minimum atomic E-state index is -3.77. The third kappa shape index (κ3) is 4.16. The van der Waals surface area contributed by atoms with Crippen LogP contribution in [-0.2, 0) is 21.3 Å². The van der Waals surface area contributed by atoms with Gasteiger partial charge < -0.3 is 4.74 Å². The minimum Gasteiger partial charge on any atom is -0.465 e. The van der Waals surface area contributed by atoms with E-state index in [1.165, 1.54) is 42.7 Å². The van der Waals surface area contributed by atoms with Crippen LogP contribution in [-0.4, -0.2) is 26.5 Å². The Labute approximate surface area is 155 Å². The van der Waals surface area contributed by atoms with Gasteiger partial charge in [0.2, 0.25) is 10.0 Å². The lowest BCUT2D eigenvalue weighted by atomic mass is 10.2. The molecular formula is C18H16N2O4S2. The van der Waals surface area contributed by atoms with E-state index in [0.717, 1.165) is 10.6 Å². The summed E-state index contributed by atoms with van der Waals surface area (Å²) in [5, 5.41) is 2.64. The van der Waals surface area contributed by atoms with E-state index in [4.69, 9.17) is 0 Å². The van der Waals surface area contributed by atoms with E-state index in [1.54, 1.807) is 0 Å². The Kier molecular flexibility index (Phi) is 5.46. The molecule has 0 bridgehead atoms. The van der Waals surface area contributed by atoms with Crippen LogP contribution in [0, 0.1) is 0 Å². The Morgan fingerprint density at radius 3 is 2.65 bits per heavy atom. The molecule has 0 atom stereocenters. The number of carbonyl (C=O) groups excluding carboxylic acids is 1. The topological polar surface area (TPSA) is 85.4 Å². The number of sulfonamides is 1. The molecule has 0 amide bonds. The lowest BCUT2D eigenvalue weighted by molar-refractivity contribution is 0.0600. The number of methoxy groups -OCH3 is 1. The fourth-order valence-electron chi connectivity index (χ4n) is 2.26. The van der Waals surface area contributed by atoms with Gasteiger partial charge in [-0.3, -0.25) is 0 Å². The van der Waals surface area contributed by atoms with E-state index in [9.17, 15) is 13.2 Å². The number of rotatable bonds is 6. The van der Waals surface area contributed by atoms with Gasteiger partial charge in [-0.1, -0.05) is 36.4 Å². The molecule has 1 N–H and O–H groups in total. The molecule has 3 rings (SSSR count). The van der Waals surface area contributed by atoms with Gasteiger partial charge >= 0.3 is 5.97 Å². The van der Waals surface area contributed by atoms with E-state index in [-0.39, 0.29) is 17.0 Å². The number of nitrogens with one attached hydrogen (secondary N) is 1. The van der Waals surface area contributed by atoms with E-state index in [1.807, 2.05) is 35.7 Å². The molecule has 1 heterocycles. The maximum Gasteiger partial charge on any atom is 0.337 e. The molecule has 2 aromatic carbocycles. The van der Waals surface area contributed by atoms with Crippen LogP contribution in [0.3, 0.4) is 0 Å². The average molecular weight is 388 g/mol. The number of nitrogens with zero attached hydrogens (tertiary/aromatic N) is 1. The van der Waals surface area contributed by atoms with Gasteiger partial charge in [0.05, 0.1) is 29.8 Å². The van der Waals surface area contributed by atoms with Crippen LogP contribution >= 0.6 is 11.3 Å². The number of hydrogen-bond acceptors (Lipinski definition) is 6. The summed E-state index contributed by atoms with van der Waals surface area (Å²) in [6.07, 6.45) is 0. The van der Waals surface area contributed by atoms with Gasteiger partial charge in [-0.2, -0.15) is 0 Å². The van der Waals surface area contributed by atoms with Gasteiger partial charge in [0.15, 0.2) is 0 Å². The summed E-state index contributed by atoms with van der Waals surface area (Å²) in [5.74, 6) is -0.589. The molecule has 0 saturated heterocycles. The van der Waals surface area contributed by atoms with Gasteiger partial charge in [-0.25, -0.2) is 22.9 Å². The Morgan fingerprint density at radius 1 is 1.15 bits per heavy atom. The molecular weight excluding hydrogens is 372 g/mol. The van der Waals surface area contributed by atoms with Crippen LogP contribution in [0.25, 0.3) is 10.6 Å². The van der Waals surface area contributed by atoms with Crippen LogP contribution in [0.5, 0.6) is 0 Å². The Morgan fingerprint density at radius 2 is 1.92 bits per heavy atom. The number of ether oxygens (including phenoxy) is 1. The zero-order valence-electron chi connectivity index (χ0n) is 13.9. The lowest BCUT2D eigenvalue weighted by Crippen LogP contribution is -2.23. The summed E-state index contributed by atoms with van der Waals surface area (Å²) >= 11 is 1.45. The summed E-state index contributed by atoms with van der Waals surface area (Å²) in [4.78, 5) is 16.0. The van der Waals surface area contributed by atoms with Crippen LogP contribution in [0.4, 0.5) is 0 Å². The van der Waals surface area contributed by atoms with Gasteiger partial charge in [0.1, 0.15) is 5.01 Å². The summed E-state index contributed by atoms with van der Waals surface area (Å²) in [6, 6.07) is 15.4. The second kappa shape index (κ2) is 7.77. The highest BCUT2D eigenvalue weighted by Gasteiger charge is 2.17. The second-order valence-corrected chi connectivity index (χ2v) is 7.98. The smallest absolute Gasteiger partial charge is 0.337 e. The van der Waals surface area contributed by atoms with Crippen molar-refractivity contribution >= 4 is 27.3 Å². The minimum absolute atomic E-state index is 0.00101. The maximum atomic E-state index is 12.5. The van der Waals surface area contributed by atoms with Crippen molar-refractivity contribution < 1.29 is 17.9 Å². The standard InChI is InChI=1S/C18H16N2O4S2/c1-24-18(21)14-8-5-9-16(10-14)26(22,23)19-11-15-12-25-17(20-15)13-6-3-2-4-7-13/h2-10,12,19H,11H2,1H3. The normalized spacial score (nSPS) is 11.3. The molecule has 0 unspecified atom stereocenters. The molecule has 0 radical (unpaired) electrons. The summed E-state index contributed by atoms with van der Waals surface area (Å²) in [7, 11) is -2.53. The van der Waals surface area contributed by atoms with E-state index < -0.39 is 16.0 Å². The number of hydrogen-bond donors (Lipinski definition) is 1. The van der Waals surface area contributed by atoms with Gasteiger partial charge in [-0.05, 0) is 18.2 Å². The molecule has 6 nitrogen and oxygen atoms in total. The summed E-state index contributed by atoms with van der Waals surface area (Å²) in [6.45, 7) is 0.0636. The summed E-state index contributed by atoms with van der Waals surface area (Å²) in [5.41, 5.74) is 1.79. The predicted octanol–water partition coefficient (Wildman–Crippen LogP) is 3.08. The molecule has 26 heavy (non-hydrogen) atoms. The van der Waals surface area contributed by atoms with Crippen molar-refractivity contribution in [2.75, 3.05) is 7.11 Å². The highest BCUT2D eigenvalue weighted by atomic mass is 32.2. The van der Waals surface area contributed by atoms with Gasteiger partial charge in [0, 0.05) is 10.9 Å². The first-order valence-electron chi connectivity index (χ1n) is 7.67. The zero-order valence-corrected chi connectivity index (χ0v) is 15.5. The van der Waals surface area contributed by atoms with Crippen molar-refractivity contribution in [3.8, 4) is 10.6 Å². The van der Waals surface area contributed by atoms with Crippen LogP contribution in [0.2, 0.25) is 0 Å². The van der Waals surface area contributed by atoms with Gasteiger partial charge in [0.25, 0.3) is 0 Å². The van der Waals surface area contributed by atoms with E-state index in [2.05, 4.69) is 14.4 Å². The molecule has 1 aromatic heterocycles. The fraction of sp³-hybridized carbons (Fsp3) is 0.111. The number of carbonyl (C=O) groups is 1.